The van der Waals surface area contributed by atoms with Gasteiger partial charge < -0.3 is 15.3 Å². The zero-order valence-electron chi connectivity index (χ0n) is 13.3. The van der Waals surface area contributed by atoms with E-state index in [1.807, 2.05) is 29.2 Å². The number of aromatic nitrogens is 1. The molecule has 0 bridgehead atoms. The Labute approximate surface area is 135 Å². The second kappa shape index (κ2) is 5.20. The number of aromatic hydroxyl groups is 1. The van der Waals surface area contributed by atoms with Gasteiger partial charge in [0.2, 0.25) is 0 Å². The fourth-order valence-corrected chi connectivity index (χ4v) is 3.88. The number of carbonyl (C=O) groups is 1. The highest BCUT2D eigenvalue weighted by atomic mass is 16.3. The highest BCUT2D eigenvalue weighted by molar-refractivity contribution is 6.09. The van der Waals surface area contributed by atoms with E-state index in [1.54, 1.807) is 6.92 Å². The monoisotopic (exact) mass is 311 g/mol. The molecule has 1 aromatic carbocycles. The Morgan fingerprint density at radius 3 is 2.70 bits per heavy atom. The van der Waals surface area contributed by atoms with E-state index in [1.165, 1.54) is 0 Å². The third kappa shape index (κ3) is 2.27. The lowest BCUT2D eigenvalue weighted by atomic mass is 9.72. The minimum Gasteiger partial charge on any atom is -0.505 e. The molecule has 2 N–H and O–H groups in total. The number of benzene rings is 1. The molecule has 2 aliphatic rings. The third-order valence-corrected chi connectivity index (χ3v) is 5.26. The van der Waals surface area contributed by atoms with Crippen molar-refractivity contribution in [2.75, 3.05) is 26.2 Å². The van der Waals surface area contributed by atoms with Gasteiger partial charge in [-0.3, -0.25) is 4.79 Å². The number of fused-ring (bicyclic) bond motifs is 1. The first kappa shape index (κ1) is 14.5. The molecule has 0 unspecified atom stereocenters. The van der Waals surface area contributed by atoms with Gasteiger partial charge in [0.15, 0.2) is 0 Å². The van der Waals surface area contributed by atoms with Gasteiger partial charge in [-0.25, -0.2) is 4.98 Å². The van der Waals surface area contributed by atoms with Crippen molar-refractivity contribution in [3.63, 3.8) is 0 Å². The number of hydrogen-bond donors (Lipinski definition) is 2. The maximum Gasteiger partial charge on any atom is 0.258 e. The molecular formula is C18H21N3O2. The van der Waals surface area contributed by atoms with Crippen LogP contribution in [0, 0.1) is 12.3 Å². The van der Waals surface area contributed by atoms with Gasteiger partial charge in [-0.1, -0.05) is 18.2 Å². The lowest BCUT2D eigenvalue weighted by Gasteiger charge is -2.52. The second-order valence-corrected chi connectivity index (χ2v) is 6.85. The minimum atomic E-state index is -0.0756. The predicted molar refractivity (Wildman–Crippen MR) is 88.6 cm³/mol. The zero-order chi connectivity index (χ0) is 16.0. The summed E-state index contributed by atoms with van der Waals surface area (Å²) in [6.07, 6.45) is 2.25. The zero-order valence-corrected chi connectivity index (χ0v) is 13.3. The number of likely N-dealkylation sites (tertiary alicyclic amines) is 1. The van der Waals surface area contributed by atoms with Crippen molar-refractivity contribution in [1.29, 1.82) is 0 Å². The molecule has 1 amide bonds. The quantitative estimate of drug-likeness (QED) is 0.846. The van der Waals surface area contributed by atoms with Crippen molar-refractivity contribution < 1.29 is 9.90 Å². The Balaban J connectivity index is 1.67. The van der Waals surface area contributed by atoms with Crippen molar-refractivity contribution in [3.05, 3.63) is 35.5 Å². The Bertz CT molecular complexity index is 773. The van der Waals surface area contributed by atoms with Gasteiger partial charge in [-0.05, 0) is 38.9 Å². The van der Waals surface area contributed by atoms with E-state index in [-0.39, 0.29) is 17.1 Å². The van der Waals surface area contributed by atoms with Crippen molar-refractivity contribution in [3.8, 4) is 5.75 Å². The van der Waals surface area contributed by atoms with Crippen molar-refractivity contribution in [2.45, 2.75) is 19.8 Å². The maximum atomic E-state index is 13.0. The van der Waals surface area contributed by atoms with Crippen LogP contribution < -0.4 is 5.32 Å². The SMILES string of the molecule is Cc1nc2ccccc2c(C(=O)N2CC3(CCNCC3)C2)c1O. The number of carbonyl (C=O) groups excluding carboxylic acids is 1. The first-order chi connectivity index (χ1) is 11.1. The molecule has 1 spiro atoms. The summed E-state index contributed by atoms with van der Waals surface area (Å²) >= 11 is 0. The number of nitrogens with one attached hydrogen (secondary N) is 1. The highest BCUT2D eigenvalue weighted by Gasteiger charge is 2.46. The largest absolute Gasteiger partial charge is 0.505 e. The Morgan fingerprint density at radius 1 is 1.26 bits per heavy atom. The molecule has 3 heterocycles. The van der Waals surface area contributed by atoms with Crippen molar-refractivity contribution in [2.24, 2.45) is 5.41 Å². The van der Waals surface area contributed by atoms with Crippen LogP contribution in [0.3, 0.4) is 0 Å². The van der Waals surface area contributed by atoms with Gasteiger partial charge >= 0.3 is 0 Å². The fourth-order valence-electron chi connectivity index (χ4n) is 3.88. The summed E-state index contributed by atoms with van der Waals surface area (Å²) in [6, 6.07) is 7.51. The molecule has 2 aliphatic heterocycles. The molecule has 0 aliphatic carbocycles. The Hall–Kier alpha value is -2.14. The number of nitrogens with zero attached hydrogens (tertiary/aromatic N) is 2. The van der Waals surface area contributed by atoms with Crippen LogP contribution in [0.25, 0.3) is 10.9 Å². The maximum absolute atomic E-state index is 13.0. The molecule has 120 valence electrons. The highest BCUT2D eigenvalue weighted by Crippen LogP contribution is 2.41. The normalized spacial score (nSPS) is 19.8. The summed E-state index contributed by atoms with van der Waals surface area (Å²) in [5.41, 5.74) is 1.94. The summed E-state index contributed by atoms with van der Waals surface area (Å²) < 4.78 is 0. The molecule has 4 rings (SSSR count). The van der Waals surface area contributed by atoms with Gasteiger partial charge in [-0.15, -0.1) is 0 Å². The van der Waals surface area contributed by atoms with E-state index < -0.39 is 0 Å². The number of rotatable bonds is 1. The van der Waals surface area contributed by atoms with E-state index >= 15 is 0 Å². The summed E-state index contributed by atoms with van der Waals surface area (Å²) in [6.45, 7) is 5.39. The first-order valence-corrected chi connectivity index (χ1v) is 8.18. The van der Waals surface area contributed by atoms with E-state index in [4.69, 9.17) is 0 Å². The number of hydrogen-bond acceptors (Lipinski definition) is 4. The molecule has 5 heteroatoms. The number of aryl methyl sites for hydroxylation is 1. The number of pyridine rings is 1. The lowest BCUT2D eigenvalue weighted by molar-refractivity contribution is -0.0114. The minimum absolute atomic E-state index is 0.0139. The van der Waals surface area contributed by atoms with Crippen LogP contribution in [0.15, 0.2) is 24.3 Å². The molecule has 2 fully saturated rings. The van der Waals surface area contributed by atoms with Crippen LogP contribution in [0.4, 0.5) is 0 Å². The first-order valence-electron chi connectivity index (χ1n) is 8.18. The Kier molecular flexibility index (Phi) is 3.27. The van der Waals surface area contributed by atoms with Crippen molar-refractivity contribution in [1.82, 2.24) is 15.2 Å². The number of piperidine rings is 1. The summed E-state index contributed by atoms with van der Waals surface area (Å²) in [7, 11) is 0. The van der Waals surface area contributed by atoms with Crippen LogP contribution in [0.2, 0.25) is 0 Å². The number of amides is 1. The fraction of sp³-hybridized carbons (Fsp3) is 0.444. The van der Waals surface area contributed by atoms with Gasteiger partial charge in [0, 0.05) is 23.9 Å². The Morgan fingerprint density at radius 2 is 1.96 bits per heavy atom. The van der Waals surface area contributed by atoms with Crippen molar-refractivity contribution >= 4 is 16.8 Å². The van der Waals surface area contributed by atoms with Crippen LogP contribution in [0.5, 0.6) is 5.75 Å². The second-order valence-electron chi connectivity index (χ2n) is 6.85. The average Bonchev–Trinajstić information content (AvgIpc) is 2.54. The van der Waals surface area contributed by atoms with E-state index in [9.17, 15) is 9.90 Å². The van der Waals surface area contributed by atoms with Crippen LogP contribution in [0.1, 0.15) is 28.9 Å². The standard InChI is InChI=1S/C18H21N3O2/c1-12-16(22)15(13-4-2-3-5-14(13)20-12)17(23)21-10-18(11-21)6-8-19-9-7-18/h2-5,19,22H,6-11H2,1H3. The van der Waals surface area contributed by atoms with Gasteiger partial charge in [0.25, 0.3) is 5.91 Å². The van der Waals surface area contributed by atoms with E-state index in [0.29, 0.717) is 11.3 Å². The van der Waals surface area contributed by atoms with Crippen LogP contribution in [-0.2, 0) is 0 Å². The van der Waals surface area contributed by atoms with E-state index in [0.717, 1.165) is 49.9 Å². The van der Waals surface area contributed by atoms with E-state index in [2.05, 4.69) is 10.3 Å². The molecule has 1 aromatic heterocycles. The molecule has 0 radical (unpaired) electrons. The van der Waals surface area contributed by atoms with Crippen LogP contribution >= 0.6 is 0 Å². The molecule has 2 aromatic rings. The summed E-state index contributed by atoms with van der Waals surface area (Å²) in [5, 5.41) is 14.5. The predicted octanol–water partition coefficient (Wildman–Crippen LogP) is 2.07. The van der Waals surface area contributed by atoms with Crippen LogP contribution in [-0.4, -0.2) is 47.1 Å². The van der Waals surface area contributed by atoms with Gasteiger partial charge in [0.1, 0.15) is 5.75 Å². The topological polar surface area (TPSA) is 65.5 Å². The summed E-state index contributed by atoms with van der Waals surface area (Å²) in [4.78, 5) is 19.2. The number of para-hydroxylation sites is 1. The molecule has 5 nitrogen and oxygen atoms in total. The molecule has 0 saturated carbocycles. The smallest absolute Gasteiger partial charge is 0.258 e. The average molecular weight is 311 g/mol. The lowest BCUT2D eigenvalue weighted by Crippen LogP contribution is -2.61. The van der Waals surface area contributed by atoms with Gasteiger partial charge in [0.05, 0.1) is 16.8 Å². The molecule has 2 saturated heterocycles. The third-order valence-electron chi connectivity index (χ3n) is 5.26. The molecule has 0 atom stereocenters. The summed E-state index contributed by atoms with van der Waals surface area (Å²) in [5.74, 6) is -0.0617. The molecular weight excluding hydrogens is 290 g/mol. The van der Waals surface area contributed by atoms with Gasteiger partial charge in [-0.2, -0.15) is 0 Å². The molecule has 23 heavy (non-hydrogen) atoms.